The first kappa shape index (κ1) is 15.7. The molecule has 2 unspecified atom stereocenters. The monoisotopic (exact) mass is 277 g/mol. The molecule has 0 amide bonds. The molecule has 1 aromatic rings. The van der Waals surface area contributed by atoms with Crippen molar-refractivity contribution in [1.29, 1.82) is 0 Å². The maximum absolute atomic E-state index is 13.2. The van der Waals surface area contributed by atoms with Gasteiger partial charge >= 0.3 is 6.18 Å². The highest BCUT2D eigenvalue weighted by molar-refractivity contribution is 5.29. The third-order valence-corrected chi connectivity index (χ3v) is 2.65. The van der Waals surface area contributed by atoms with Crippen molar-refractivity contribution in [1.82, 2.24) is 5.32 Å². The van der Waals surface area contributed by atoms with Gasteiger partial charge in [-0.2, -0.15) is 13.2 Å². The minimum Gasteiger partial charge on any atom is -0.387 e. The van der Waals surface area contributed by atoms with Gasteiger partial charge in [0.1, 0.15) is 5.82 Å². The van der Waals surface area contributed by atoms with Gasteiger partial charge < -0.3 is 10.4 Å². The largest absolute Gasteiger partial charge is 0.416 e. The van der Waals surface area contributed by atoms with Gasteiger partial charge in [-0.15, -0.1) is 6.58 Å². The first-order chi connectivity index (χ1) is 8.75. The second-order valence-corrected chi connectivity index (χ2v) is 4.20. The summed E-state index contributed by atoms with van der Waals surface area (Å²) in [6, 6.07) is 1.52. The minimum absolute atomic E-state index is 0.114. The van der Waals surface area contributed by atoms with Crippen molar-refractivity contribution >= 4 is 0 Å². The molecular weight excluding hydrogens is 262 g/mol. The molecule has 2 atom stereocenters. The Hall–Kier alpha value is -1.40. The van der Waals surface area contributed by atoms with Crippen LogP contribution in [0.15, 0.2) is 30.9 Å². The van der Waals surface area contributed by atoms with Gasteiger partial charge in [0.15, 0.2) is 0 Å². The summed E-state index contributed by atoms with van der Waals surface area (Å²) in [7, 11) is 0. The highest BCUT2D eigenvalue weighted by Crippen LogP contribution is 2.32. The number of aliphatic hydroxyl groups is 1. The van der Waals surface area contributed by atoms with Crippen molar-refractivity contribution < 1.29 is 22.7 Å². The summed E-state index contributed by atoms with van der Waals surface area (Å²) < 4.78 is 50.8. The maximum Gasteiger partial charge on any atom is 0.416 e. The summed E-state index contributed by atoms with van der Waals surface area (Å²) in [5, 5.41) is 12.7. The van der Waals surface area contributed by atoms with E-state index in [2.05, 4.69) is 11.9 Å². The molecule has 19 heavy (non-hydrogen) atoms. The van der Waals surface area contributed by atoms with Crippen LogP contribution in [0.25, 0.3) is 0 Å². The summed E-state index contributed by atoms with van der Waals surface area (Å²) >= 11 is 0. The van der Waals surface area contributed by atoms with E-state index < -0.39 is 29.7 Å². The zero-order valence-electron chi connectivity index (χ0n) is 10.3. The Morgan fingerprint density at radius 3 is 2.53 bits per heavy atom. The van der Waals surface area contributed by atoms with Crippen molar-refractivity contribution in [2.45, 2.75) is 25.2 Å². The van der Waals surface area contributed by atoms with Crippen LogP contribution in [-0.2, 0) is 6.18 Å². The smallest absolute Gasteiger partial charge is 0.387 e. The Labute approximate surface area is 108 Å². The Kier molecular flexibility index (Phi) is 5.08. The van der Waals surface area contributed by atoms with Crippen LogP contribution in [0.5, 0.6) is 0 Å². The van der Waals surface area contributed by atoms with Crippen LogP contribution >= 0.6 is 0 Å². The van der Waals surface area contributed by atoms with E-state index in [1.807, 2.05) is 0 Å². The molecule has 2 N–H and O–H groups in total. The standard InChI is InChI=1S/C13H15F4NO/c1-3-4-18-8(2)12(19)9-5-10(13(15,16)17)7-11(14)6-9/h3,5-8,12,18-19H,1,4H2,2H3. The molecule has 6 heteroatoms. The first-order valence-electron chi connectivity index (χ1n) is 5.65. The number of halogens is 4. The number of benzene rings is 1. The second kappa shape index (κ2) is 6.16. The predicted octanol–water partition coefficient (Wildman–Crippen LogP) is 3.04. The lowest BCUT2D eigenvalue weighted by atomic mass is 10.0. The van der Waals surface area contributed by atoms with Gasteiger partial charge in [0.05, 0.1) is 11.7 Å². The third kappa shape index (κ3) is 4.33. The SMILES string of the molecule is C=CCNC(C)C(O)c1cc(F)cc(C(F)(F)F)c1. The van der Waals surface area contributed by atoms with Crippen LogP contribution in [0, 0.1) is 5.82 Å². The molecular formula is C13H15F4NO. The summed E-state index contributed by atoms with van der Waals surface area (Å²) in [4.78, 5) is 0. The highest BCUT2D eigenvalue weighted by atomic mass is 19.4. The van der Waals surface area contributed by atoms with Crippen LogP contribution < -0.4 is 5.32 Å². The van der Waals surface area contributed by atoms with Gasteiger partial charge in [0, 0.05) is 12.6 Å². The molecule has 0 saturated carbocycles. The lowest BCUT2D eigenvalue weighted by molar-refractivity contribution is -0.137. The number of hydrogen-bond acceptors (Lipinski definition) is 2. The van der Waals surface area contributed by atoms with Gasteiger partial charge in [0.2, 0.25) is 0 Å². The molecule has 0 aliphatic rings. The van der Waals surface area contributed by atoms with E-state index in [-0.39, 0.29) is 5.56 Å². The Morgan fingerprint density at radius 2 is 2.00 bits per heavy atom. The normalized spacial score (nSPS) is 15.1. The van der Waals surface area contributed by atoms with E-state index in [4.69, 9.17) is 0 Å². The van der Waals surface area contributed by atoms with E-state index in [0.29, 0.717) is 12.6 Å². The summed E-state index contributed by atoms with van der Waals surface area (Å²) in [6.07, 6.45) is -4.33. The van der Waals surface area contributed by atoms with E-state index in [1.54, 1.807) is 13.0 Å². The van der Waals surface area contributed by atoms with Crippen molar-refractivity contribution in [3.63, 3.8) is 0 Å². The Bertz CT molecular complexity index is 445. The third-order valence-electron chi connectivity index (χ3n) is 2.65. The Balaban J connectivity index is 3.00. The van der Waals surface area contributed by atoms with Crippen LogP contribution in [0.1, 0.15) is 24.2 Å². The van der Waals surface area contributed by atoms with Crippen molar-refractivity contribution in [2.24, 2.45) is 0 Å². The van der Waals surface area contributed by atoms with Crippen LogP contribution in [0.3, 0.4) is 0 Å². The van der Waals surface area contributed by atoms with Crippen molar-refractivity contribution in [2.75, 3.05) is 6.54 Å². The molecule has 0 saturated heterocycles. The van der Waals surface area contributed by atoms with Gasteiger partial charge in [0.25, 0.3) is 0 Å². The fourth-order valence-electron chi connectivity index (χ4n) is 1.62. The van der Waals surface area contributed by atoms with Crippen LogP contribution in [0.2, 0.25) is 0 Å². The molecule has 0 bridgehead atoms. The first-order valence-corrected chi connectivity index (χ1v) is 5.65. The highest BCUT2D eigenvalue weighted by Gasteiger charge is 2.32. The molecule has 0 heterocycles. The Morgan fingerprint density at radius 1 is 1.37 bits per heavy atom. The molecule has 0 aliphatic heterocycles. The zero-order chi connectivity index (χ0) is 14.6. The average molecular weight is 277 g/mol. The molecule has 0 spiro atoms. The van der Waals surface area contributed by atoms with Crippen LogP contribution in [0.4, 0.5) is 17.6 Å². The number of aliphatic hydroxyl groups excluding tert-OH is 1. The molecule has 1 rings (SSSR count). The summed E-state index contributed by atoms with van der Waals surface area (Å²) in [5.41, 5.74) is -1.23. The molecule has 0 aromatic heterocycles. The van der Waals surface area contributed by atoms with Gasteiger partial charge in [-0.3, -0.25) is 0 Å². The molecule has 106 valence electrons. The van der Waals surface area contributed by atoms with Crippen LogP contribution in [-0.4, -0.2) is 17.7 Å². The van der Waals surface area contributed by atoms with Gasteiger partial charge in [-0.1, -0.05) is 6.08 Å². The second-order valence-electron chi connectivity index (χ2n) is 4.20. The van der Waals surface area contributed by atoms with E-state index in [0.717, 1.165) is 12.1 Å². The zero-order valence-corrected chi connectivity index (χ0v) is 10.3. The molecule has 1 aromatic carbocycles. The van der Waals surface area contributed by atoms with Crippen molar-refractivity contribution in [3.05, 3.63) is 47.8 Å². The fourth-order valence-corrected chi connectivity index (χ4v) is 1.62. The van der Waals surface area contributed by atoms with E-state index >= 15 is 0 Å². The molecule has 2 nitrogen and oxygen atoms in total. The van der Waals surface area contributed by atoms with Gasteiger partial charge in [-0.05, 0) is 30.7 Å². The van der Waals surface area contributed by atoms with E-state index in [9.17, 15) is 22.7 Å². The quantitative estimate of drug-likeness (QED) is 0.640. The molecule has 0 fully saturated rings. The number of hydrogen-bond donors (Lipinski definition) is 2. The summed E-state index contributed by atoms with van der Waals surface area (Å²) in [6.45, 7) is 5.45. The summed E-state index contributed by atoms with van der Waals surface area (Å²) in [5.74, 6) is -1.03. The fraction of sp³-hybridized carbons (Fsp3) is 0.385. The number of alkyl halides is 3. The number of nitrogens with one attached hydrogen (secondary N) is 1. The lowest BCUT2D eigenvalue weighted by Gasteiger charge is -2.21. The maximum atomic E-state index is 13.2. The molecule has 0 aliphatic carbocycles. The van der Waals surface area contributed by atoms with Gasteiger partial charge in [-0.25, -0.2) is 4.39 Å². The predicted molar refractivity (Wildman–Crippen MR) is 64.0 cm³/mol. The average Bonchev–Trinajstić information content (AvgIpc) is 2.33. The lowest BCUT2D eigenvalue weighted by Crippen LogP contribution is -2.32. The minimum atomic E-state index is -4.64. The van der Waals surface area contributed by atoms with Crippen molar-refractivity contribution in [3.8, 4) is 0 Å². The van der Waals surface area contributed by atoms with E-state index in [1.165, 1.54) is 0 Å². The number of rotatable bonds is 5. The molecule has 0 radical (unpaired) electrons. The topological polar surface area (TPSA) is 32.3 Å².